The third-order valence-corrected chi connectivity index (χ3v) is 9.17. The molecule has 4 aromatic rings. The summed E-state index contributed by atoms with van der Waals surface area (Å²) in [6, 6.07) is 24.3. The van der Waals surface area contributed by atoms with E-state index in [1.807, 2.05) is 42.5 Å². The van der Waals surface area contributed by atoms with Crippen LogP contribution in [-0.4, -0.2) is 73.7 Å². The summed E-state index contributed by atoms with van der Waals surface area (Å²) in [5.41, 5.74) is 4.12. The topological polar surface area (TPSA) is 94.4 Å². The number of fused-ring (bicyclic) bond motifs is 1. The van der Waals surface area contributed by atoms with Gasteiger partial charge in [-0.1, -0.05) is 30.3 Å². The van der Waals surface area contributed by atoms with Gasteiger partial charge in [0, 0.05) is 62.6 Å². The number of aromatic nitrogens is 1. The minimum atomic E-state index is -0.706. The number of nitrogens with one attached hydrogen (secondary N) is 1. The fourth-order valence-electron chi connectivity index (χ4n) is 6.72. The molecule has 1 saturated heterocycles. The van der Waals surface area contributed by atoms with Crippen molar-refractivity contribution in [1.82, 2.24) is 14.8 Å². The predicted octanol–water partition coefficient (Wildman–Crippen LogP) is 5.13. The number of amides is 1. The lowest BCUT2D eigenvalue weighted by Crippen LogP contribution is -2.52. The highest BCUT2D eigenvalue weighted by Gasteiger charge is 2.43. The molecule has 3 atom stereocenters. The van der Waals surface area contributed by atoms with Crippen molar-refractivity contribution >= 4 is 16.8 Å². The Balaban J connectivity index is 1.23. The Morgan fingerprint density at radius 3 is 2.46 bits per heavy atom. The van der Waals surface area contributed by atoms with Crippen molar-refractivity contribution in [2.24, 2.45) is 5.92 Å². The Morgan fingerprint density at radius 1 is 0.935 bits per heavy atom. The summed E-state index contributed by atoms with van der Waals surface area (Å²) in [4.78, 5) is 16.6. The second kappa shape index (κ2) is 14.6. The van der Waals surface area contributed by atoms with E-state index in [9.17, 15) is 9.90 Å². The molecule has 0 spiro atoms. The molecule has 2 N–H and O–H groups in total. The number of benzene rings is 3. The van der Waals surface area contributed by atoms with Gasteiger partial charge in [-0.2, -0.15) is 0 Å². The molecule has 1 amide bonds. The highest BCUT2D eigenvalue weighted by Crippen LogP contribution is 2.38. The summed E-state index contributed by atoms with van der Waals surface area (Å²) >= 11 is 0. The molecule has 1 aromatic heterocycles. The van der Waals surface area contributed by atoms with Gasteiger partial charge in [-0.05, 0) is 72.2 Å². The van der Waals surface area contributed by atoms with Crippen LogP contribution in [0.2, 0.25) is 0 Å². The van der Waals surface area contributed by atoms with Gasteiger partial charge in [0.1, 0.15) is 23.9 Å². The van der Waals surface area contributed by atoms with Crippen LogP contribution in [0.3, 0.4) is 0 Å². The first-order valence-electron chi connectivity index (χ1n) is 16.2. The van der Waals surface area contributed by atoms with Gasteiger partial charge in [0.05, 0.1) is 32.8 Å². The number of carbonyl (C=O) groups is 1. The van der Waals surface area contributed by atoms with Gasteiger partial charge in [-0.3, -0.25) is 4.79 Å². The number of aliphatic hydroxyl groups excluding tert-OH is 1. The molecule has 3 aromatic carbocycles. The average Bonchev–Trinajstić information content (AvgIpc) is 3.87. The summed E-state index contributed by atoms with van der Waals surface area (Å²) in [5.74, 6) is 1.39. The normalized spacial score (nSPS) is 19.6. The zero-order valence-corrected chi connectivity index (χ0v) is 27.0. The van der Waals surface area contributed by atoms with E-state index < -0.39 is 12.0 Å². The molecule has 1 aliphatic heterocycles. The van der Waals surface area contributed by atoms with Crippen molar-refractivity contribution in [3.8, 4) is 17.2 Å². The maximum atomic E-state index is 14.5. The zero-order chi connectivity index (χ0) is 32.0. The number of methoxy groups -OCH3 is 3. The maximum absolute atomic E-state index is 14.5. The van der Waals surface area contributed by atoms with E-state index in [4.69, 9.17) is 18.9 Å². The van der Waals surface area contributed by atoms with Crippen LogP contribution >= 0.6 is 0 Å². The Hall–Kier alpha value is -4.05. The summed E-state index contributed by atoms with van der Waals surface area (Å²) < 4.78 is 24.7. The fourth-order valence-corrected chi connectivity index (χ4v) is 6.72. The maximum Gasteiger partial charge on any atom is 0.228 e. The number of aryl methyl sites for hydroxylation is 1. The highest BCUT2D eigenvalue weighted by molar-refractivity contribution is 5.83. The van der Waals surface area contributed by atoms with Crippen molar-refractivity contribution in [1.29, 1.82) is 0 Å². The largest absolute Gasteiger partial charge is 0.497 e. The number of carbonyl (C=O) groups excluding carboxylic acids is 1. The summed E-state index contributed by atoms with van der Waals surface area (Å²) in [6.07, 6.45) is 2.19. The molecular formula is C37H45N3O6. The van der Waals surface area contributed by atoms with Crippen LogP contribution in [0.4, 0.5) is 0 Å². The van der Waals surface area contributed by atoms with Crippen molar-refractivity contribution in [2.45, 2.75) is 57.0 Å². The smallest absolute Gasteiger partial charge is 0.228 e. The summed E-state index contributed by atoms with van der Waals surface area (Å²) in [6.45, 7) is 3.31. The average molecular weight is 628 g/mol. The SMILES string of the molecule is COCCCn1c(CN(C(=O)[C@H]2CNC[C@@H](O)[C@@H]2c2cccc(OCc3cc(OC)cc(OC)c3)c2)C2CC2)cc2ccccc21. The number of rotatable bonds is 14. The van der Waals surface area contributed by atoms with Crippen LogP contribution in [0.1, 0.15) is 42.0 Å². The first-order chi connectivity index (χ1) is 22.5. The monoisotopic (exact) mass is 627 g/mol. The van der Waals surface area contributed by atoms with Crippen molar-refractivity contribution in [3.05, 3.63) is 89.6 Å². The number of ether oxygens (including phenoxy) is 4. The number of hydrogen-bond donors (Lipinski definition) is 2. The van der Waals surface area contributed by atoms with E-state index in [0.29, 0.717) is 50.1 Å². The van der Waals surface area contributed by atoms with Crippen molar-refractivity contribution in [3.63, 3.8) is 0 Å². The number of hydrogen-bond acceptors (Lipinski definition) is 7. The van der Waals surface area contributed by atoms with Gasteiger partial charge >= 0.3 is 0 Å². The standard InChI is InChI=1S/C37H45N3O6/c1-43-15-7-14-39-29(18-26-8-4-5-11-34(26)39)23-40(28-12-13-28)37(42)33-21-38-22-35(41)36(33)27-9-6-10-30(19-27)46-24-25-16-31(44-2)20-32(17-25)45-3/h4-6,8-11,16-20,28,33,35-36,38,41H,7,12-15,21-24H2,1-3H3/t33-,35+,36+/m0/s1. The van der Waals surface area contributed by atoms with E-state index in [2.05, 4.69) is 45.1 Å². The highest BCUT2D eigenvalue weighted by atomic mass is 16.5. The van der Waals surface area contributed by atoms with E-state index in [1.165, 1.54) is 10.9 Å². The molecular weight excluding hydrogens is 582 g/mol. The van der Waals surface area contributed by atoms with Crippen LogP contribution in [0.25, 0.3) is 10.9 Å². The number of piperidine rings is 1. The van der Waals surface area contributed by atoms with Gasteiger partial charge in [0.25, 0.3) is 0 Å². The third kappa shape index (κ3) is 7.17. The molecule has 2 aliphatic rings. The number of β-amino-alcohol motifs (C(OH)–C–C–N with tert-alkyl or cyclic N) is 1. The molecule has 0 unspecified atom stereocenters. The second-order valence-electron chi connectivity index (χ2n) is 12.3. The van der Waals surface area contributed by atoms with Gasteiger partial charge in [0.2, 0.25) is 5.91 Å². The molecule has 2 fully saturated rings. The Kier molecular flexibility index (Phi) is 10.1. The first kappa shape index (κ1) is 31.9. The minimum Gasteiger partial charge on any atom is -0.497 e. The van der Waals surface area contributed by atoms with E-state index >= 15 is 0 Å². The molecule has 46 heavy (non-hydrogen) atoms. The van der Waals surface area contributed by atoms with E-state index in [0.717, 1.165) is 42.6 Å². The minimum absolute atomic E-state index is 0.0854. The van der Waals surface area contributed by atoms with Crippen molar-refractivity contribution < 1.29 is 28.8 Å². The Labute approximate surface area is 271 Å². The summed E-state index contributed by atoms with van der Waals surface area (Å²) in [5, 5.41) is 15.8. The molecule has 1 aliphatic carbocycles. The zero-order valence-electron chi connectivity index (χ0n) is 27.0. The quantitative estimate of drug-likeness (QED) is 0.187. The molecule has 9 heteroatoms. The van der Waals surface area contributed by atoms with E-state index in [-0.39, 0.29) is 17.9 Å². The van der Waals surface area contributed by atoms with Crippen LogP contribution in [0.5, 0.6) is 17.2 Å². The van der Waals surface area contributed by atoms with Crippen LogP contribution in [0, 0.1) is 5.92 Å². The van der Waals surface area contributed by atoms with Crippen LogP contribution < -0.4 is 19.5 Å². The van der Waals surface area contributed by atoms with Crippen LogP contribution in [-0.2, 0) is 29.2 Å². The lowest BCUT2D eigenvalue weighted by atomic mass is 9.78. The van der Waals surface area contributed by atoms with Gasteiger partial charge in [-0.15, -0.1) is 0 Å². The lowest BCUT2D eigenvalue weighted by molar-refractivity contribution is -0.139. The third-order valence-electron chi connectivity index (χ3n) is 9.17. The molecule has 9 nitrogen and oxygen atoms in total. The first-order valence-corrected chi connectivity index (χ1v) is 16.2. The Bertz CT molecular complexity index is 1610. The van der Waals surface area contributed by atoms with E-state index in [1.54, 1.807) is 21.3 Å². The molecule has 6 rings (SSSR count). The van der Waals surface area contributed by atoms with Crippen LogP contribution in [0.15, 0.2) is 72.8 Å². The lowest BCUT2D eigenvalue weighted by Gasteiger charge is -2.38. The Morgan fingerprint density at radius 2 is 1.72 bits per heavy atom. The van der Waals surface area contributed by atoms with Gasteiger partial charge in [-0.25, -0.2) is 0 Å². The number of aliphatic hydroxyl groups is 1. The number of nitrogens with zero attached hydrogens (tertiary/aromatic N) is 2. The van der Waals surface area contributed by atoms with Crippen molar-refractivity contribution in [2.75, 3.05) is 41.0 Å². The molecule has 0 bridgehead atoms. The predicted molar refractivity (Wildman–Crippen MR) is 177 cm³/mol. The molecule has 244 valence electrons. The van der Waals surface area contributed by atoms with Gasteiger partial charge < -0.3 is 38.8 Å². The second-order valence-corrected chi connectivity index (χ2v) is 12.3. The number of para-hydroxylation sites is 1. The fraction of sp³-hybridized carbons (Fsp3) is 0.432. The molecule has 0 radical (unpaired) electrons. The summed E-state index contributed by atoms with van der Waals surface area (Å²) in [7, 11) is 4.97. The molecule has 2 heterocycles. The van der Waals surface area contributed by atoms with Gasteiger partial charge in [0.15, 0.2) is 0 Å². The molecule has 1 saturated carbocycles.